The normalized spacial score (nSPS) is 13.9. The van der Waals surface area contributed by atoms with Gasteiger partial charge in [0.25, 0.3) is 5.91 Å². The third kappa shape index (κ3) is 5.69. The van der Waals surface area contributed by atoms with Gasteiger partial charge in [0, 0.05) is 57.7 Å². The number of benzene rings is 2. The lowest BCUT2D eigenvalue weighted by Crippen LogP contribution is -2.48. The van der Waals surface area contributed by atoms with Crippen LogP contribution >= 0.6 is 22.9 Å². The van der Waals surface area contributed by atoms with Gasteiger partial charge in [-0.15, -0.1) is 0 Å². The number of carbonyl (C=O) groups excluding carboxylic acids is 1. The molecule has 1 amide bonds. The molecule has 0 aliphatic carbocycles. The van der Waals surface area contributed by atoms with E-state index in [0.717, 1.165) is 14.1 Å². The van der Waals surface area contributed by atoms with Crippen LogP contribution in [0.2, 0.25) is 5.02 Å². The first-order chi connectivity index (χ1) is 18.3. The van der Waals surface area contributed by atoms with Gasteiger partial charge in [0.2, 0.25) is 10.0 Å². The molecule has 198 valence electrons. The van der Waals surface area contributed by atoms with Crippen molar-refractivity contribution >= 4 is 54.2 Å². The molecule has 1 saturated heterocycles. The predicted octanol–water partition coefficient (Wildman–Crippen LogP) is 3.74. The fourth-order valence-electron chi connectivity index (χ4n) is 4.17. The van der Waals surface area contributed by atoms with Crippen LogP contribution in [0.25, 0.3) is 10.2 Å². The second-order valence-corrected chi connectivity index (χ2v) is 11.8. The number of anilines is 1. The molecule has 1 aromatic heterocycles. The van der Waals surface area contributed by atoms with E-state index in [4.69, 9.17) is 31.8 Å². The summed E-state index contributed by atoms with van der Waals surface area (Å²) in [6, 6.07) is 13.3. The number of sulfonamides is 1. The summed E-state index contributed by atoms with van der Waals surface area (Å²) in [5.74, 6) is 0.362. The second-order valence-electron chi connectivity index (χ2n) is 8.45. The first-order valence-electron chi connectivity index (χ1n) is 11.8. The SMILES string of the molecule is COc1c(Cl)ccc2sc(N3CCN(C(=O)c4ccc(S(=O)(=O)N(CCC#N)CCC#N)cc4)CC3)nc12. The van der Waals surface area contributed by atoms with Crippen molar-refractivity contribution in [3.8, 4) is 17.9 Å². The molecule has 13 heteroatoms. The minimum atomic E-state index is -3.89. The molecule has 2 aromatic carbocycles. The molecule has 0 spiro atoms. The molecule has 4 rings (SSSR count). The largest absolute Gasteiger partial charge is 0.493 e. The van der Waals surface area contributed by atoms with Crippen LogP contribution < -0.4 is 9.64 Å². The Bertz CT molecular complexity index is 1490. The molecule has 0 saturated carbocycles. The molecular formula is C25H25ClN6O4S2. The molecular weight excluding hydrogens is 548 g/mol. The molecule has 38 heavy (non-hydrogen) atoms. The van der Waals surface area contributed by atoms with Crippen molar-refractivity contribution in [2.45, 2.75) is 17.7 Å². The van der Waals surface area contributed by atoms with Crippen molar-refractivity contribution in [3.05, 3.63) is 47.0 Å². The van der Waals surface area contributed by atoms with Crippen molar-refractivity contribution in [2.75, 3.05) is 51.3 Å². The molecule has 3 aromatic rings. The van der Waals surface area contributed by atoms with Crippen LogP contribution in [0.3, 0.4) is 0 Å². The van der Waals surface area contributed by atoms with E-state index >= 15 is 0 Å². The highest BCUT2D eigenvalue weighted by atomic mass is 35.5. The number of amides is 1. The Hall–Kier alpha value is -3.42. The van der Waals surface area contributed by atoms with Gasteiger partial charge in [0.05, 0.1) is 33.9 Å². The zero-order chi connectivity index (χ0) is 27.3. The average molecular weight is 573 g/mol. The first-order valence-corrected chi connectivity index (χ1v) is 14.4. The van der Waals surface area contributed by atoms with Crippen molar-refractivity contribution in [1.82, 2.24) is 14.2 Å². The number of nitriles is 2. The highest BCUT2D eigenvalue weighted by Gasteiger charge is 2.27. The molecule has 0 atom stereocenters. The van der Waals surface area contributed by atoms with Gasteiger partial charge in [-0.1, -0.05) is 22.9 Å². The number of hydrogen-bond acceptors (Lipinski definition) is 9. The fourth-order valence-corrected chi connectivity index (χ4v) is 6.85. The Morgan fingerprint density at radius 3 is 2.29 bits per heavy atom. The number of ether oxygens (including phenoxy) is 1. The maximum absolute atomic E-state index is 13.1. The van der Waals surface area contributed by atoms with Gasteiger partial charge in [0.1, 0.15) is 5.52 Å². The number of nitrogens with zero attached hydrogens (tertiary/aromatic N) is 6. The molecule has 1 aliphatic heterocycles. The van der Waals surface area contributed by atoms with Gasteiger partial charge >= 0.3 is 0 Å². The first kappa shape index (κ1) is 27.6. The Balaban J connectivity index is 1.42. The van der Waals surface area contributed by atoms with Crippen LogP contribution in [-0.4, -0.2) is 74.9 Å². The Morgan fingerprint density at radius 1 is 1.08 bits per heavy atom. The highest BCUT2D eigenvalue weighted by molar-refractivity contribution is 7.89. The van der Waals surface area contributed by atoms with Crippen molar-refractivity contribution in [1.29, 1.82) is 10.5 Å². The maximum Gasteiger partial charge on any atom is 0.253 e. The molecule has 1 aliphatic rings. The van der Waals surface area contributed by atoms with E-state index in [2.05, 4.69) is 4.90 Å². The Labute approximate surface area is 230 Å². The topological polar surface area (TPSA) is 131 Å². The van der Waals surface area contributed by atoms with Gasteiger partial charge in [0.15, 0.2) is 10.9 Å². The molecule has 10 nitrogen and oxygen atoms in total. The lowest BCUT2D eigenvalue weighted by Gasteiger charge is -2.34. The number of carbonyl (C=O) groups is 1. The summed E-state index contributed by atoms with van der Waals surface area (Å²) in [6.07, 6.45) is 0.0387. The van der Waals surface area contributed by atoms with Gasteiger partial charge < -0.3 is 14.5 Å². The molecule has 1 fully saturated rings. The van der Waals surface area contributed by atoms with Crippen LogP contribution in [0.5, 0.6) is 5.75 Å². The summed E-state index contributed by atoms with van der Waals surface area (Å²) in [4.78, 5) is 21.7. The molecule has 0 bridgehead atoms. The zero-order valence-corrected chi connectivity index (χ0v) is 23.0. The minimum Gasteiger partial charge on any atom is -0.493 e. The van der Waals surface area contributed by atoms with Crippen molar-refractivity contribution in [3.63, 3.8) is 0 Å². The van der Waals surface area contributed by atoms with Gasteiger partial charge in [-0.2, -0.15) is 14.8 Å². The summed E-state index contributed by atoms with van der Waals surface area (Å²) in [6.45, 7) is 2.17. The number of thiazole rings is 1. The van der Waals surface area contributed by atoms with Crippen LogP contribution in [0.15, 0.2) is 41.3 Å². The van der Waals surface area contributed by atoms with Crippen molar-refractivity contribution < 1.29 is 17.9 Å². The number of hydrogen-bond donors (Lipinski definition) is 0. The monoisotopic (exact) mass is 572 g/mol. The van der Waals surface area contributed by atoms with E-state index < -0.39 is 10.0 Å². The lowest BCUT2D eigenvalue weighted by molar-refractivity contribution is 0.0746. The van der Waals surface area contributed by atoms with Crippen LogP contribution in [0, 0.1) is 22.7 Å². The van der Waals surface area contributed by atoms with E-state index in [-0.39, 0.29) is 36.7 Å². The summed E-state index contributed by atoms with van der Waals surface area (Å²) in [5, 5.41) is 19.0. The Morgan fingerprint density at radius 2 is 1.71 bits per heavy atom. The quantitative estimate of drug-likeness (QED) is 0.379. The van der Waals surface area contributed by atoms with Crippen LogP contribution in [0.1, 0.15) is 23.2 Å². The number of methoxy groups -OCH3 is 1. The Kier molecular flexibility index (Phi) is 8.69. The number of fused-ring (bicyclic) bond motifs is 1. The number of rotatable bonds is 9. The summed E-state index contributed by atoms with van der Waals surface area (Å²) >= 11 is 7.76. The molecule has 0 N–H and O–H groups in total. The molecule has 0 unspecified atom stereocenters. The summed E-state index contributed by atoms with van der Waals surface area (Å²) < 4.78 is 33.5. The average Bonchev–Trinajstić information content (AvgIpc) is 3.37. The number of aromatic nitrogens is 1. The predicted molar refractivity (Wildman–Crippen MR) is 145 cm³/mol. The molecule has 0 radical (unpaired) electrons. The van der Waals surface area contributed by atoms with Crippen LogP contribution in [0.4, 0.5) is 5.13 Å². The number of piperazine rings is 1. The van der Waals surface area contributed by atoms with E-state index in [1.165, 1.54) is 24.3 Å². The van der Waals surface area contributed by atoms with Gasteiger partial charge in [-0.05, 0) is 36.4 Å². The maximum atomic E-state index is 13.1. The lowest BCUT2D eigenvalue weighted by atomic mass is 10.2. The third-order valence-corrected chi connectivity index (χ3v) is 9.47. The summed E-state index contributed by atoms with van der Waals surface area (Å²) in [7, 11) is -2.33. The van der Waals surface area contributed by atoms with E-state index in [1.807, 2.05) is 18.2 Å². The highest BCUT2D eigenvalue weighted by Crippen LogP contribution is 2.38. The summed E-state index contributed by atoms with van der Waals surface area (Å²) in [5.41, 5.74) is 1.10. The van der Waals surface area contributed by atoms with E-state index in [9.17, 15) is 13.2 Å². The smallest absolute Gasteiger partial charge is 0.253 e. The van der Waals surface area contributed by atoms with Gasteiger partial charge in [-0.25, -0.2) is 13.4 Å². The zero-order valence-electron chi connectivity index (χ0n) is 20.6. The van der Waals surface area contributed by atoms with Crippen molar-refractivity contribution in [2.24, 2.45) is 0 Å². The standard InChI is InChI=1S/C25H25ClN6O4S2/c1-36-23-20(26)8-9-21-22(23)29-25(37-21)31-16-14-30(15-17-31)24(33)18-4-6-19(7-5-18)38(34,35)32(12-2-10-27)13-3-11-28/h4-9H,2-3,12-17H2,1H3. The van der Waals surface area contributed by atoms with Gasteiger partial charge in [-0.3, -0.25) is 4.79 Å². The van der Waals surface area contributed by atoms with Crippen LogP contribution in [-0.2, 0) is 10.0 Å². The third-order valence-electron chi connectivity index (χ3n) is 6.18. The second kappa shape index (κ2) is 12.0. The van der Waals surface area contributed by atoms with E-state index in [1.54, 1.807) is 29.4 Å². The fraction of sp³-hybridized carbons (Fsp3) is 0.360. The van der Waals surface area contributed by atoms with E-state index in [0.29, 0.717) is 48.0 Å². The number of halogens is 1. The minimum absolute atomic E-state index is 0.0000476. The molecule has 2 heterocycles.